The first-order chi connectivity index (χ1) is 16.1. The van der Waals surface area contributed by atoms with Gasteiger partial charge < -0.3 is 10.1 Å². The molecule has 0 aliphatic carbocycles. The number of nitrogens with one attached hydrogen (secondary N) is 1. The maximum absolute atomic E-state index is 13.5. The zero-order valence-corrected chi connectivity index (χ0v) is 20.7. The van der Waals surface area contributed by atoms with E-state index in [4.69, 9.17) is 27.9 Å². The van der Waals surface area contributed by atoms with Crippen LogP contribution in [0.2, 0.25) is 10.0 Å². The fourth-order valence-electron chi connectivity index (χ4n) is 3.15. The molecule has 0 aliphatic rings. The minimum absolute atomic E-state index is 0.0268. The van der Waals surface area contributed by atoms with E-state index in [9.17, 15) is 18.0 Å². The zero-order valence-electron chi connectivity index (χ0n) is 18.4. The molecule has 0 atom stereocenters. The van der Waals surface area contributed by atoms with Crippen LogP contribution in [0, 0.1) is 6.92 Å². The Balaban J connectivity index is 1.92. The number of esters is 1. The summed E-state index contributed by atoms with van der Waals surface area (Å²) < 4.78 is 32.9. The van der Waals surface area contributed by atoms with Crippen LogP contribution >= 0.6 is 23.2 Å². The molecule has 3 aromatic rings. The number of rotatable bonds is 8. The minimum Gasteiger partial charge on any atom is -0.462 e. The molecule has 1 amide bonds. The quantitative estimate of drug-likeness (QED) is 0.406. The lowest BCUT2D eigenvalue weighted by Crippen LogP contribution is -2.38. The molecule has 0 saturated carbocycles. The number of ether oxygens (including phenoxy) is 1. The number of hydrogen-bond acceptors (Lipinski definition) is 5. The van der Waals surface area contributed by atoms with Crippen LogP contribution in [0.1, 0.15) is 22.8 Å². The molecule has 0 aliphatic heterocycles. The molecule has 0 spiro atoms. The molecule has 0 fully saturated rings. The van der Waals surface area contributed by atoms with Crippen LogP contribution < -0.4 is 9.62 Å². The van der Waals surface area contributed by atoms with E-state index in [1.165, 1.54) is 36.4 Å². The van der Waals surface area contributed by atoms with Crippen LogP contribution in [0.25, 0.3) is 0 Å². The molecule has 3 aromatic carbocycles. The van der Waals surface area contributed by atoms with E-state index in [-0.39, 0.29) is 33.5 Å². The molecular formula is C24H22Cl2N2O5S. The Morgan fingerprint density at radius 3 is 2.35 bits per heavy atom. The van der Waals surface area contributed by atoms with Gasteiger partial charge in [-0.2, -0.15) is 0 Å². The first kappa shape index (κ1) is 25.6. The van der Waals surface area contributed by atoms with Crippen molar-refractivity contribution in [3.05, 3.63) is 87.9 Å². The molecule has 10 heteroatoms. The second kappa shape index (κ2) is 10.9. The molecule has 34 heavy (non-hydrogen) atoms. The van der Waals surface area contributed by atoms with Crippen LogP contribution in [-0.4, -0.2) is 33.4 Å². The Bertz CT molecular complexity index is 1310. The normalized spacial score (nSPS) is 11.1. The van der Waals surface area contributed by atoms with Crippen molar-refractivity contribution >= 4 is 56.5 Å². The van der Waals surface area contributed by atoms with E-state index in [0.29, 0.717) is 10.6 Å². The maximum Gasteiger partial charge on any atom is 0.338 e. The lowest BCUT2D eigenvalue weighted by Gasteiger charge is -2.26. The number of sulfonamides is 1. The zero-order chi connectivity index (χ0) is 24.9. The topological polar surface area (TPSA) is 92.8 Å². The van der Waals surface area contributed by atoms with Gasteiger partial charge in [-0.15, -0.1) is 0 Å². The molecule has 1 N–H and O–H groups in total. The van der Waals surface area contributed by atoms with Crippen LogP contribution in [0.4, 0.5) is 11.4 Å². The van der Waals surface area contributed by atoms with Gasteiger partial charge in [0.2, 0.25) is 5.91 Å². The standard InChI is InChI=1S/C24H22Cl2N2O5S/c1-3-33-24(30)17-10-12-21(20(26)13-17)27-23(29)15-28(22-14-18(25)11-9-16(22)2)34(31,32)19-7-5-4-6-8-19/h4-14H,3,15H2,1-2H3,(H,27,29). The predicted molar refractivity (Wildman–Crippen MR) is 133 cm³/mol. The first-order valence-corrected chi connectivity index (χ1v) is 12.4. The Morgan fingerprint density at radius 1 is 1.00 bits per heavy atom. The highest BCUT2D eigenvalue weighted by Crippen LogP contribution is 2.30. The summed E-state index contributed by atoms with van der Waals surface area (Å²) in [5.41, 5.74) is 1.34. The highest BCUT2D eigenvalue weighted by molar-refractivity contribution is 7.92. The van der Waals surface area contributed by atoms with Crippen molar-refractivity contribution in [1.82, 2.24) is 0 Å². The monoisotopic (exact) mass is 520 g/mol. The van der Waals surface area contributed by atoms with Gasteiger partial charge in [-0.3, -0.25) is 9.10 Å². The van der Waals surface area contributed by atoms with Gasteiger partial charge in [-0.1, -0.05) is 47.5 Å². The molecule has 0 saturated heterocycles. The Morgan fingerprint density at radius 2 is 1.71 bits per heavy atom. The summed E-state index contributed by atoms with van der Waals surface area (Å²) in [5, 5.41) is 3.04. The second-order valence-corrected chi connectivity index (χ2v) is 9.92. The molecule has 0 unspecified atom stereocenters. The Kier molecular flexibility index (Phi) is 8.19. The average Bonchev–Trinajstić information content (AvgIpc) is 2.81. The molecule has 0 radical (unpaired) electrons. The number of aryl methyl sites for hydroxylation is 1. The Hall–Kier alpha value is -3.07. The number of nitrogens with zero attached hydrogens (tertiary/aromatic N) is 1. The minimum atomic E-state index is -4.10. The van der Waals surface area contributed by atoms with Gasteiger partial charge in [0.25, 0.3) is 10.0 Å². The van der Waals surface area contributed by atoms with Crippen molar-refractivity contribution in [2.75, 3.05) is 22.8 Å². The van der Waals surface area contributed by atoms with Crippen LogP contribution in [0.5, 0.6) is 0 Å². The van der Waals surface area contributed by atoms with Gasteiger partial charge in [-0.05, 0) is 61.9 Å². The van der Waals surface area contributed by atoms with Crippen molar-refractivity contribution in [1.29, 1.82) is 0 Å². The molecule has 3 rings (SSSR count). The third kappa shape index (κ3) is 5.88. The molecular weight excluding hydrogens is 499 g/mol. The van der Waals surface area contributed by atoms with Gasteiger partial charge in [-0.25, -0.2) is 13.2 Å². The summed E-state index contributed by atoms with van der Waals surface area (Å²) in [5.74, 6) is -1.18. The fourth-order valence-corrected chi connectivity index (χ4v) is 5.04. The summed E-state index contributed by atoms with van der Waals surface area (Å²) >= 11 is 12.4. The van der Waals surface area contributed by atoms with E-state index in [1.54, 1.807) is 44.2 Å². The van der Waals surface area contributed by atoms with Gasteiger partial charge in [0.1, 0.15) is 6.54 Å². The molecule has 0 aromatic heterocycles. The SMILES string of the molecule is CCOC(=O)c1ccc(NC(=O)CN(c2cc(Cl)ccc2C)S(=O)(=O)c2ccccc2)c(Cl)c1. The molecule has 0 heterocycles. The van der Waals surface area contributed by atoms with E-state index in [2.05, 4.69) is 5.32 Å². The van der Waals surface area contributed by atoms with E-state index < -0.39 is 28.4 Å². The summed E-state index contributed by atoms with van der Waals surface area (Å²) in [7, 11) is -4.10. The highest BCUT2D eigenvalue weighted by Gasteiger charge is 2.28. The van der Waals surface area contributed by atoms with Crippen molar-refractivity contribution in [3.8, 4) is 0 Å². The van der Waals surface area contributed by atoms with Gasteiger partial charge in [0.05, 0.1) is 33.5 Å². The summed E-state index contributed by atoms with van der Waals surface area (Å²) in [4.78, 5) is 24.9. The number of anilines is 2. The lowest BCUT2D eigenvalue weighted by molar-refractivity contribution is -0.114. The highest BCUT2D eigenvalue weighted by atomic mass is 35.5. The van der Waals surface area contributed by atoms with Gasteiger partial charge in [0.15, 0.2) is 0 Å². The largest absolute Gasteiger partial charge is 0.462 e. The summed E-state index contributed by atoms with van der Waals surface area (Å²) in [6.45, 7) is 3.09. The predicted octanol–water partition coefficient (Wildman–Crippen LogP) is 5.31. The van der Waals surface area contributed by atoms with E-state index >= 15 is 0 Å². The third-order valence-corrected chi connectivity index (χ3v) is 7.13. The van der Waals surface area contributed by atoms with Crippen LogP contribution in [0.15, 0.2) is 71.6 Å². The fraction of sp³-hybridized carbons (Fsp3) is 0.167. The van der Waals surface area contributed by atoms with Gasteiger partial charge in [0, 0.05) is 5.02 Å². The van der Waals surface area contributed by atoms with Crippen molar-refractivity contribution in [2.24, 2.45) is 0 Å². The lowest BCUT2D eigenvalue weighted by atomic mass is 10.2. The maximum atomic E-state index is 13.5. The smallest absolute Gasteiger partial charge is 0.338 e. The van der Waals surface area contributed by atoms with E-state index in [0.717, 1.165) is 4.31 Å². The van der Waals surface area contributed by atoms with Crippen molar-refractivity contribution < 1.29 is 22.7 Å². The summed E-state index contributed by atoms with van der Waals surface area (Å²) in [6, 6.07) is 16.9. The van der Waals surface area contributed by atoms with Crippen molar-refractivity contribution in [3.63, 3.8) is 0 Å². The number of amides is 1. The molecule has 178 valence electrons. The molecule has 0 bridgehead atoms. The van der Waals surface area contributed by atoms with E-state index in [1.807, 2.05) is 0 Å². The molecule has 7 nitrogen and oxygen atoms in total. The third-order valence-electron chi connectivity index (χ3n) is 4.81. The number of carbonyl (C=O) groups excluding carboxylic acids is 2. The second-order valence-electron chi connectivity index (χ2n) is 7.22. The summed E-state index contributed by atoms with van der Waals surface area (Å²) in [6.07, 6.45) is 0. The van der Waals surface area contributed by atoms with Crippen LogP contribution in [0.3, 0.4) is 0 Å². The van der Waals surface area contributed by atoms with Crippen LogP contribution in [-0.2, 0) is 19.6 Å². The first-order valence-electron chi connectivity index (χ1n) is 10.2. The average molecular weight is 521 g/mol. The number of carbonyl (C=O) groups is 2. The van der Waals surface area contributed by atoms with Gasteiger partial charge >= 0.3 is 5.97 Å². The number of halogens is 2. The number of benzene rings is 3. The van der Waals surface area contributed by atoms with Crippen molar-refractivity contribution in [2.45, 2.75) is 18.7 Å². The Labute approximate surface area is 208 Å². The number of hydrogen-bond donors (Lipinski definition) is 1.